The zero-order valence-corrected chi connectivity index (χ0v) is 17.9. The molecule has 0 N–H and O–H groups in total. The van der Waals surface area contributed by atoms with Crippen molar-refractivity contribution in [2.24, 2.45) is 0 Å². The molecule has 0 heterocycles. The van der Waals surface area contributed by atoms with Crippen molar-refractivity contribution in [3.63, 3.8) is 0 Å². The second-order valence-corrected chi connectivity index (χ2v) is 6.80. The van der Waals surface area contributed by atoms with Gasteiger partial charge in [0.1, 0.15) is 5.75 Å². The molecule has 0 fully saturated rings. The topological polar surface area (TPSA) is 36.9 Å². The van der Waals surface area contributed by atoms with Crippen LogP contribution >= 0.6 is 0 Å². The summed E-state index contributed by atoms with van der Waals surface area (Å²) < 4.78 is 22.5. The highest BCUT2D eigenvalue weighted by Crippen LogP contribution is 2.24. The van der Waals surface area contributed by atoms with Crippen molar-refractivity contribution in [1.82, 2.24) is 0 Å². The first-order valence-electron chi connectivity index (χ1n) is 10.7. The van der Waals surface area contributed by atoms with Gasteiger partial charge < -0.3 is 18.9 Å². The van der Waals surface area contributed by atoms with E-state index in [-0.39, 0.29) is 0 Å². The van der Waals surface area contributed by atoms with Crippen molar-refractivity contribution >= 4 is 0 Å². The van der Waals surface area contributed by atoms with Crippen LogP contribution in [0.5, 0.6) is 5.75 Å². The van der Waals surface area contributed by atoms with Gasteiger partial charge in [0.05, 0.1) is 7.11 Å². The molecule has 0 radical (unpaired) electrons. The van der Waals surface area contributed by atoms with E-state index in [9.17, 15) is 0 Å². The van der Waals surface area contributed by atoms with Gasteiger partial charge in [-0.3, -0.25) is 0 Å². The molecule has 0 spiro atoms. The highest BCUT2D eigenvalue weighted by Gasteiger charge is 2.31. The lowest BCUT2D eigenvalue weighted by Gasteiger charge is -2.32. The Bertz CT molecular complexity index is 441. The average Bonchev–Trinajstić information content (AvgIpc) is 2.68. The molecule has 0 bridgehead atoms. The van der Waals surface area contributed by atoms with E-state index in [1.54, 1.807) is 7.11 Å². The molecule has 1 aromatic carbocycles. The van der Waals surface area contributed by atoms with Crippen LogP contribution in [0.3, 0.4) is 0 Å². The Labute approximate surface area is 166 Å². The molecule has 27 heavy (non-hydrogen) atoms. The van der Waals surface area contributed by atoms with Gasteiger partial charge in [-0.25, -0.2) is 0 Å². The maximum absolute atomic E-state index is 5.77. The highest BCUT2D eigenvalue weighted by molar-refractivity contribution is 5.27. The molecular weight excluding hydrogens is 340 g/mol. The van der Waals surface area contributed by atoms with Crippen LogP contribution in [0.25, 0.3) is 0 Å². The first-order chi connectivity index (χ1) is 13.2. The second kappa shape index (κ2) is 14.9. The van der Waals surface area contributed by atoms with Gasteiger partial charge in [-0.1, -0.05) is 44.2 Å². The molecule has 0 aliphatic carbocycles. The van der Waals surface area contributed by atoms with Crippen LogP contribution in [-0.4, -0.2) is 32.9 Å². The predicted molar refractivity (Wildman–Crippen MR) is 111 cm³/mol. The van der Waals surface area contributed by atoms with Gasteiger partial charge in [0.2, 0.25) is 0 Å². The van der Waals surface area contributed by atoms with Crippen molar-refractivity contribution in [1.29, 1.82) is 0 Å². The molecule has 0 aromatic heterocycles. The Morgan fingerprint density at radius 2 is 1.15 bits per heavy atom. The lowest BCUT2D eigenvalue weighted by Crippen LogP contribution is -2.39. The largest absolute Gasteiger partial charge is 0.497 e. The Balaban J connectivity index is 2.09. The monoisotopic (exact) mass is 380 g/mol. The van der Waals surface area contributed by atoms with Crippen LogP contribution in [0.4, 0.5) is 0 Å². The van der Waals surface area contributed by atoms with Crippen LogP contribution in [0.2, 0.25) is 0 Å². The maximum Gasteiger partial charge on any atom is 0.282 e. The summed E-state index contributed by atoms with van der Waals surface area (Å²) in [6.07, 6.45) is 10.7. The Kier molecular flexibility index (Phi) is 13.2. The number of aryl methyl sites for hydroxylation is 1. The van der Waals surface area contributed by atoms with E-state index in [0.717, 1.165) is 25.0 Å². The Hall–Kier alpha value is -1.10. The minimum absolute atomic E-state index is 0.605. The first-order valence-corrected chi connectivity index (χ1v) is 10.7. The molecule has 4 heteroatoms. The van der Waals surface area contributed by atoms with Gasteiger partial charge in [0, 0.05) is 26.2 Å². The van der Waals surface area contributed by atoms with E-state index < -0.39 is 5.97 Å². The summed E-state index contributed by atoms with van der Waals surface area (Å²) >= 11 is 0. The van der Waals surface area contributed by atoms with Gasteiger partial charge in [-0.2, -0.15) is 0 Å². The Morgan fingerprint density at radius 3 is 1.63 bits per heavy atom. The number of ether oxygens (including phenoxy) is 4. The van der Waals surface area contributed by atoms with E-state index in [2.05, 4.69) is 12.1 Å². The first kappa shape index (κ1) is 23.9. The van der Waals surface area contributed by atoms with Gasteiger partial charge in [0.25, 0.3) is 5.97 Å². The average molecular weight is 381 g/mol. The summed E-state index contributed by atoms with van der Waals surface area (Å²) in [7, 11) is 1.71. The van der Waals surface area contributed by atoms with E-state index >= 15 is 0 Å². The molecule has 1 aromatic rings. The fourth-order valence-electron chi connectivity index (χ4n) is 3.35. The number of rotatable bonds is 17. The van der Waals surface area contributed by atoms with Crippen LogP contribution < -0.4 is 4.74 Å². The van der Waals surface area contributed by atoms with Crippen molar-refractivity contribution in [2.75, 3.05) is 26.9 Å². The lowest BCUT2D eigenvalue weighted by atomic mass is 10.0. The molecule has 0 unspecified atom stereocenters. The van der Waals surface area contributed by atoms with Crippen molar-refractivity contribution in [3.8, 4) is 5.75 Å². The summed E-state index contributed by atoms with van der Waals surface area (Å²) in [5.74, 6) is 0.0946. The molecule has 0 amide bonds. The molecule has 0 saturated carbocycles. The maximum atomic E-state index is 5.77. The summed E-state index contributed by atoms with van der Waals surface area (Å²) in [5, 5.41) is 0. The third-order valence-electron chi connectivity index (χ3n) is 4.70. The number of methoxy groups -OCH3 is 1. The quantitative estimate of drug-likeness (QED) is 0.241. The molecular formula is C23H40O4. The van der Waals surface area contributed by atoms with Crippen molar-refractivity contribution < 1.29 is 18.9 Å². The lowest BCUT2D eigenvalue weighted by molar-refractivity contribution is -0.380. The summed E-state index contributed by atoms with van der Waals surface area (Å²) in [5.41, 5.74) is 1.40. The smallest absolute Gasteiger partial charge is 0.282 e. The third-order valence-corrected chi connectivity index (χ3v) is 4.70. The molecule has 0 aliphatic heterocycles. The minimum atomic E-state index is -0.837. The second-order valence-electron chi connectivity index (χ2n) is 6.80. The SMILES string of the molecule is CCOC(CCCCCCCCCc1ccc(OC)cc1)(OCC)OCC. The van der Waals surface area contributed by atoms with Gasteiger partial charge in [-0.05, 0) is 57.7 Å². The normalized spacial score (nSPS) is 11.7. The fraction of sp³-hybridized carbons (Fsp3) is 0.739. The number of hydrogen-bond acceptors (Lipinski definition) is 4. The van der Waals surface area contributed by atoms with E-state index in [1.807, 2.05) is 32.9 Å². The summed E-state index contributed by atoms with van der Waals surface area (Å²) in [4.78, 5) is 0. The van der Waals surface area contributed by atoms with Gasteiger partial charge in [-0.15, -0.1) is 0 Å². The standard InChI is InChI=1S/C23H40O4/c1-5-25-23(26-6-2,27-7-3)20-14-12-10-8-9-11-13-15-21-16-18-22(24-4)19-17-21/h16-19H,5-15,20H2,1-4H3. The molecule has 0 atom stereocenters. The predicted octanol–water partition coefficient (Wildman–Crippen LogP) is 6.12. The number of hydrogen-bond donors (Lipinski definition) is 0. The summed E-state index contributed by atoms with van der Waals surface area (Å²) in [6.45, 7) is 7.77. The van der Waals surface area contributed by atoms with E-state index in [0.29, 0.717) is 19.8 Å². The fourth-order valence-corrected chi connectivity index (χ4v) is 3.35. The molecule has 0 aliphatic rings. The molecule has 0 saturated heterocycles. The molecule has 4 nitrogen and oxygen atoms in total. The molecule has 156 valence electrons. The number of benzene rings is 1. The van der Waals surface area contributed by atoms with Gasteiger partial charge in [0.15, 0.2) is 0 Å². The van der Waals surface area contributed by atoms with Crippen LogP contribution in [0.1, 0.15) is 77.7 Å². The van der Waals surface area contributed by atoms with Crippen LogP contribution in [-0.2, 0) is 20.6 Å². The third kappa shape index (κ3) is 10.1. The molecule has 1 rings (SSSR count). The van der Waals surface area contributed by atoms with Crippen molar-refractivity contribution in [2.45, 2.75) is 84.5 Å². The zero-order chi connectivity index (χ0) is 19.8. The minimum Gasteiger partial charge on any atom is -0.497 e. The number of unbranched alkanes of at least 4 members (excludes halogenated alkanes) is 6. The van der Waals surface area contributed by atoms with Crippen LogP contribution in [0, 0.1) is 0 Å². The van der Waals surface area contributed by atoms with E-state index in [1.165, 1.54) is 44.1 Å². The zero-order valence-electron chi connectivity index (χ0n) is 17.9. The van der Waals surface area contributed by atoms with E-state index in [4.69, 9.17) is 18.9 Å². The Morgan fingerprint density at radius 1 is 0.667 bits per heavy atom. The highest BCUT2D eigenvalue weighted by atomic mass is 16.9. The summed E-state index contributed by atoms with van der Waals surface area (Å²) in [6, 6.07) is 8.42. The van der Waals surface area contributed by atoms with Crippen molar-refractivity contribution in [3.05, 3.63) is 29.8 Å². The van der Waals surface area contributed by atoms with Gasteiger partial charge >= 0.3 is 0 Å². The van der Waals surface area contributed by atoms with Crippen LogP contribution in [0.15, 0.2) is 24.3 Å².